The van der Waals surface area contributed by atoms with E-state index in [0.29, 0.717) is 42.3 Å². The number of fused-ring (bicyclic) bond motifs is 2. The van der Waals surface area contributed by atoms with E-state index in [1.807, 2.05) is 43.3 Å². The van der Waals surface area contributed by atoms with Gasteiger partial charge in [-0.15, -0.1) is 0 Å². The highest BCUT2D eigenvalue weighted by atomic mass is 16.6. The van der Waals surface area contributed by atoms with Crippen molar-refractivity contribution < 1.29 is 14.3 Å². The number of hydrogen-bond donors (Lipinski definition) is 2. The van der Waals surface area contributed by atoms with E-state index in [0.717, 1.165) is 36.3 Å². The van der Waals surface area contributed by atoms with Gasteiger partial charge in [0.15, 0.2) is 11.5 Å². The Kier molecular flexibility index (Phi) is 7.37. The minimum atomic E-state index is -0.238. The average Bonchev–Trinajstić information content (AvgIpc) is 2.84. The van der Waals surface area contributed by atoms with Crippen molar-refractivity contribution in [3.8, 4) is 11.5 Å². The summed E-state index contributed by atoms with van der Waals surface area (Å²) < 4.78 is 11.3. The Bertz CT molecular complexity index is 1200. The maximum Gasteiger partial charge on any atom is 0.322 e. The van der Waals surface area contributed by atoms with Crippen LogP contribution in [0.3, 0.4) is 0 Å². The number of ether oxygens (including phenoxy) is 2. The zero-order valence-corrected chi connectivity index (χ0v) is 20.0. The molecule has 1 aliphatic heterocycles. The van der Waals surface area contributed by atoms with Gasteiger partial charge in [0.25, 0.3) is 5.56 Å². The Balaban J connectivity index is 1.59. The number of benzene rings is 2. The van der Waals surface area contributed by atoms with E-state index in [-0.39, 0.29) is 18.1 Å². The van der Waals surface area contributed by atoms with Crippen LogP contribution in [-0.4, -0.2) is 60.2 Å². The molecule has 180 valence electrons. The molecule has 34 heavy (non-hydrogen) atoms. The average molecular weight is 465 g/mol. The topological polar surface area (TPSA) is 86.9 Å². The first-order chi connectivity index (χ1) is 16.5. The molecule has 1 aliphatic rings. The van der Waals surface area contributed by atoms with Crippen LogP contribution in [0.25, 0.3) is 10.9 Å². The fourth-order valence-corrected chi connectivity index (χ4v) is 4.00. The number of amides is 2. The standard InChI is InChI=1S/C26H32N4O4/c1-4-29(5-2)10-11-30(26(32)27-21-8-6-18(3)7-9-21)17-20-14-19-15-23-24(34-13-12-33-23)16-22(19)28-25(20)31/h6-9,14-16H,4-5,10-13,17H2,1-3H3,(H,27,32)(H,28,31). The zero-order valence-electron chi connectivity index (χ0n) is 20.0. The summed E-state index contributed by atoms with van der Waals surface area (Å²) in [5.41, 5.74) is 2.81. The number of aryl methyl sites for hydroxylation is 1. The molecule has 0 radical (unpaired) electrons. The molecular weight excluding hydrogens is 432 g/mol. The maximum absolute atomic E-state index is 13.2. The number of nitrogens with zero attached hydrogens (tertiary/aromatic N) is 2. The van der Waals surface area contributed by atoms with Gasteiger partial charge in [-0.2, -0.15) is 0 Å². The molecule has 2 heterocycles. The summed E-state index contributed by atoms with van der Waals surface area (Å²) in [6.07, 6.45) is 0. The molecule has 0 aliphatic carbocycles. The molecular formula is C26H32N4O4. The molecule has 8 heteroatoms. The van der Waals surface area contributed by atoms with E-state index >= 15 is 0 Å². The van der Waals surface area contributed by atoms with Gasteiger partial charge < -0.3 is 29.6 Å². The maximum atomic E-state index is 13.2. The van der Waals surface area contributed by atoms with Crippen LogP contribution in [0.1, 0.15) is 25.0 Å². The lowest BCUT2D eigenvalue weighted by atomic mass is 10.1. The van der Waals surface area contributed by atoms with Gasteiger partial charge in [0.05, 0.1) is 12.1 Å². The number of rotatable bonds is 8. The van der Waals surface area contributed by atoms with Gasteiger partial charge >= 0.3 is 6.03 Å². The molecule has 0 spiro atoms. The Hall–Kier alpha value is -3.52. The molecule has 2 N–H and O–H groups in total. The zero-order chi connectivity index (χ0) is 24.1. The first kappa shape index (κ1) is 23.6. The number of pyridine rings is 1. The highest BCUT2D eigenvalue weighted by Gasteiger charge is 2.19. The summed E-state index contributed by atoms with van der Waals surface area (Å²) in [5.74, 6) is 1.28. The number of likely N-dealkylation sites (N-methyl/N-ethyl adjacent to an activating group) is 1. The van der Waals surface area contributed by atoms with Crippen LogP contribution in [0.4, 0.5) is 10.5 Å². The lowest BCUT2D eigenvalue weighted by Crippen LogP contribution is -2.41. The molecule has 0 fully saturated rings. The molecule has 0 unspecified atom stereocenters. The van der Waals surface area contributed by atoms with Crippen molar-refractivity contribution in [2.45, 2.75) is 27.3 Å². The first-order valence-corrected chi connectivity index (χ1v) is 11.8. The molecule has 3 aromatic rings. The number of carbonyl (C=O) groups excluding carboxylic acids is 1. The Morgan fingerprint density at radius 2 is 1.68 bits per heavy atom. The Morgan fingerprint density at radius 3 is 2.35 bits per heavy atom. The van der Waals surface area contributed by atoms with Crippen LogP contribution < -0.4 is 20.3 Å². The van der Waals surface area contributed by atoms with Crippen molar-refractivity contribution in [3.05, 3.63) is 63.9 Å². The lowest BCUT2D eigenvalue weighted by Gasteiger charge is -2.27. The van der Waals surface area contributed by atoms with Crippen molar-refractivity contribution in [1.82, 2.24) is 14.8 Å². The van der Waals surface area contributed by atoms with Crippen molar-refractivity contribution in [1.29, 1.82) is 0 Å². The molecule has 0 saturated carbocycles. The minimum Gasteiger partial charge on any atom is -0.486 e. The van der Waals surface area contributed by atoms with Gasteiger partial charge in [0.1, 0.15) is 13.2 Å². The SMILES string of the molecule is CCN(CC)CCN(Cc1cc2cc3c(cc2[nH]c1=O)OCCO3)C(=O)Nc1ccc(C)cc1. The summed E-state index contributed by atoms with van der Waals surface area (Å²) in [7, 11) is 0. The van der Waals surface area contributed by atoms with Gasteiger partial charge in [-0.05, 0) is 44.3 Å². The highest BCUT2D eigenvalue weighted by molar-refractivity contribution is 5.89. The van der Waals surface area contributed by atoms with E-state index in [4.69, 9.17) is 9.47 Å². The second-order valence-electron chi connectivity index (χ2n) is 8.45. The number of urea groups is 1. The quantitative estimate of drug-likeness (QED) is 0.527. The van der Waals surface area contributed by atoms with Gasteiger partial charge in [-0.25, -0.2) is 4.79 Å². The number of H-pyrrole nitrogens is 1. The van der Waals surface area contributed by atoms with E-state index in [1.54, 1.807) is 11.0 Å². The van der Waals surface area contributed by atoms with Crippen molar-refractivity contribution in [3.63, 3.8) is 0 Å². The van der Waals surface area contributed by atoms with Crippen LogP contribution in [0, 0.1) is 6.92 Å². The summed E-state index contributed by atoms with van der Waals surface area (Å²) in [5, 5.41) is 3.80. The Morgan fingerprint density at radius 1 is 1.00 bits per heavy atom. The predicted molar refractivity (Wildman–Crippen MR) is 134 cm³/mol. The van der Waals surface area contributed by atoms with Crippen LogP contribution >= 0.6 is 0 Å². The third-order valence-corrected chi connectivity index (χ3v) is 6.12. The van der Waals surface area contributed by atoms with E-state index in [9.17, 15) is 9.59 Å². The molecule has 1 aromatic heterocycles. The van der Waals surface area contributed by atoms with Crippen molar-refractivity contribution >= 4 is 22.6 Å². The summed E-state index contributed by atoms with van der Waals surface area (Å²) >= 11 is 0. The van der Waals surface area contributed by atoms with Gasteiger partial charge in [0.2, 0.25) is 0 Å². The third kappa shape index (κ3) is 5.51. The van der Waals surface area contributed by atoms with E-state index in [2.05, 4.69) is 29.0 Å². The first-order valence-electron chi connectivity index (χ1n) is 11.8. The fraction of sp³-hybridized carbons (Fsp3) is 0.385. The predicted octanol–water partition coefficient (Wildman–Crippen LogP) is 3.98. The molecule has 4 rings (SSSR count). The number of anilines is 1. The number of carbonyl (C=O) groups is 1. The van der Waals surface area contributed by atoms with Crippen LogP contribution in [0.5, 0.6) is 11.5 Å². The van der Waals surface area contributed by atoms with E-state index in [1.165, 1.54) is 0 Å². The monoisotopic (exact) mass is 464 g/mol. The molecule has 0 bridgehead atoms. The van der Waals surface area contributed by atoms with Crippen LogP contribution in [0.15, 0.2) is 47.3 Å². The van der Waals surface area contributed by atoms with Crippen molar-refractivity contribution in [2.75, 3.05) is 44.7 Å². The molecule has 2 amide bonds. The van der Waals surface area contributed by atoms with Gasteiger partial charge in [0, 0.05) is 35.8 Å². The second-order valence-corrected chi connectivity index (χ2v) is 8.45. The largest absolute Gasteiger partial charge is 0.486 e. The summed E-state index contributed by atoms with van der Waals surface area (Å²) in [6, 6.07) is 12.9. The number of hydrogen-bond acceptors (Lipinski definition) is 5. The third-order valence-electron chi connectivity index (χ3n) is 6.12. The van der Waals surface area contributed by atoms with Crippen molar-refractivity contribution in [2.24, 2.45) is 0 Å². The number of nitrogens with one attached hydrogen (secondary N) is 2. The molecule has 8 nitrogen and oxygen atoms in total. The Labute approximate surface area is 199 Å². The minimum absolute atomic E-state index is 0.193. The lowest BCUT2D eigenvalue weighted by molar-refractivity contribution is 0.172. The molecule has 2 aromatic carbocycles. The second kappa shape index (κ2) is 10.6. The normalized spacial score (nSPS) is 12.7. The van der Waals surface area contributed by atoms with Crippen LogP contribution in [-0.2, 0) is 6.54 Å². The summed E-state index contributed by atoms with van der Waals surface area (Å²) in [4.78, 5) is 33.0. The number of aromatic nitrogens is 1. The smallest absolute Gasteiger partial charge is 0.322 e. The summed E-state index contributed by atoms with van der Waals surface area (Å²) in [6.45, 7) is 10.4. The fourth-order valence-electron chi connectivity index (χ4n) is 4.00. The van der Waals surface area contributed by atoms with Crippen LogP contribution in [0.2, 0.25) is 0 Å². The highest BCUT2D eigenvalue weighted by Crippen LogP contribution is 2.33. The number of aromatic amines is 1. The van der Waals surface area contributed by atoms with Gasteiger partial charge in [-0.3, -0.25) is 4.79 Å². The molecule has 0 saturated heterocycles. The van der Waals surface area contributed by atoms with E-state index < -0.39 is 0 Å². The molecule has 0 atom stereocenters. The van der Waals surface area contributed by atoms with Gasteiger partial charge in [-0.1, -0.05) is 31.5 Å².